The highest BCUT2D eigenvalue weighted by Gasteiger charge is 2.62. The van der Waals surface area contributed by atoms with Gasteiger partial charge < -0.3 is 4.90 Å². The van der Waals surface area contributed by atoms with Gasteiger partial charge in [0.25, 0.3) is 0 Å². The predicted octanol–water partition coefficient (Wildman–Crippen LogP) is 4.98. The number of nitriles is 2. The molecular weight excluding hydrogens is 393 g/mol. The third-order valence-electron chi connectivity index (χ3n) is 5.63. The van der Waals surface area contributed by atoms with Crippen molar-refractivity contribution < 1.29 is 4.79 Å². The van der Waals surface area contributed by atoms with Gasteiger partial charge >= 0.3 is 0 Å². The molecule has 4 nitrogen and oxygen atoms in total. The molecule has 28 heavy (non-hydrogen) atoms. The van der Waals surface area contributed by atoms with Gasteiger partial charge in [0.2, 0.25) is 0 Å². The van der Waals surface area contributed by atoms with Crippen LogP contribution in [0.15, 0.2) is 48.5 Å². The van der Waals surface area contributed by atoms with Crippen molar-refractivity contribution in [2.24, 2.45) is 5.41 Å². The quantitative estimate of drug-likeness (QED) is 0.703. The third-order valence-corrected chi connectivity index (χ3v) is 6.37. The van der Waals surface area contributed by atoms with Crippen molar-refractivity contribution in [2.75, 3.05) is 4.90 Å². The van der Waals surface area contributed by atoms with Gasteiger partial charge in [0.05, 0.1) is 34.3 Å². The number of hydrogen-bond acceptors (Lipinski definition) is 4. The molecule has 4 rings (SSSR count). The molecule has 2 aliphatic heterocycles. The van der Waals surface area contributed by atoms with Crippen LogP contribution in [0.4, 0.5) is 5.69 Å². The summed E-state index contributed by atoms with van der Waals surface area (Å²) in [6.07, 6.45) is 3.76. The molecule has 2 aromatic carbocycles. The van der Waals surface area contributed by atoms with E-state index in [9.17, 15) is 15.3 Å². The fourth-order valence-electron chi connectivity index (χ4n) is 4.47. The Balaban J connectivity index is 2.00. The fraction of sp³-hybridized carbons (Fsp3) is 0.227. The van der Waals surface area contributed by atoms with Gasteiger partial charge in [0, 0.05) is 11.6 Å². The van der Waals surface area contributed by atoms with E-state index in [0.29, 0.717) is 15.6 Å². The largest absolute Gasteiger partial charge is 0.351 e. The summed E-state index contributed by atoms with van der Waals surface area (Å²) in [4.78, 5) is 14.7. The van der Waals surface area contributed by atoms with E-state index in [-0.39, 0.29) is 5.78 Å². The molecule has 0 aliphatic carbocycles. The van der Waals surface area contributed by atoms with Gasteiger partial charge in [-0.15, -0.1) is 0 Å². The molecule has 0 saturated carbocycles. The van der Waals surface area contributed by atoms with Crippen LogP contribution in [0.25, 0.3) is 6.08 Å². The first kappa shape index (κ1) is 18.6. The minimum absolute atomic E-state index is 0.112. The van der Waals surface area contributed by atoms with Gasteiger partial charge in [0.1, 0.15) is 0 Å². The van der Waals surface area contributed by atoms with Crippen molar-refractivity contribution in [1.29, 1.82) is 10.5 Å². The van der Waals surface area contributed by atoms with Crippen molar-refractivity contribution in [3.63, 3.8) is 0 Å². The summed E-state index contributed by atoms with van der Waals surface area (Å²) in [5, 5.41) is 21.0. The van der Waals surface area contributed by atoms with E-state index in [0.717, 1.165) is 11.3 Å². The second-order valence-electron chi connectivity index (χ2n) is 7.07. The molecule has 2 heterocycles. The van der Waals surface area contributed by atoms with Crippen molar-refractivity contribution in [3.05, 3.63) is 69.7 Å². The van der Waals surface area contributed by atoms with Crippen molar-refractivity contribution in [3.8, 4) is 12.1 Å². The van der Waals surface area contributed by atoms with Crippen LogP contribution < -0.4 is 4.90 Å². The van der Waals surface area contributed by atoms with Crippen LogP contribution in [0.2, 0.25) is 10.0 Å². The number of anilines is 1. The first-order chi connectivity index (χ1) is 13.4. The molecule has 0 N–H and O–H groups in total. The van der Waals surface area contributed by atoms with Gasteiger partial charge in [0.15, 0.2) is 11.2 Å². The molecular formula is C22H15Cl2N3O. The number of nitrogens with zero attached hydrogens (tertiary/aromatic N) is 3. The highest BCUT2D eigenvalue weighted by atomic mass is 35.5. The SMILES string of the molecule is CC(=O)[C@H]1[C@@H](c2ccc(Cl)c(Cl)c2)C(C#N)(C#N)[C@H]2C=Cc3ccccc3N12. The standard InChI is InChI=1S/C22H15Cl2N3O/c1-13(28)21-20(15-6-8-16(23)17(24)10-15)22(11-25,12-26)19-9-7-14-4-2-3-5-18(14)27(19)21/h2-10,19-21H,1H3/t19-,20-,21+/m1/s1. The van der Waals surface area contributed by atoms with Gasteiger partial charge in [-0.2, -0.15) is 10.5 Å². The lowest BCUT2D eigenvalue weighted by molar-refractivity contribution is -0.118. The second kappa shape index (κ2) is 6.67. The number of halogens is 2. The summed E-state index contributed by atoms with van der Waals surface area (Å²) in [6.45, 7) is 1.50. The van der Waals surface area contributed by atoms with Crippen molar-refractivity contribution in [2.45, 2.75) is 24.9 Å². The summed E-state index contributed by atoms with van der Waals surface area (Å²) >= 11 is 12.3. The molecule has 138 valence electrons. The number of Topliss-reactive ketones (excluding diaryl/α,β-unsaturated/α-hetero) is 1. The van der Waals surface area contributed by atoms with Gasteiger partial charge in [-0.3, -0.25) is 4.79 Å². The normalized spacial score (nSPS) is 24.0. The summed E-state index contributed by atoms with van der Waals surface area (Å²) in [6, 6.07) is 16.0. The first-order valence-corrected chi connectivity index (χ1v) is 9.53. The number of carbonyl (C=O) groups excluding carboxylic acids is 1. The Morgan fingerprint density at radius 3 is 2.46 bits per heavy atom. The average Bonchev–Trinajstić information content (AvgIpc) is 3.01. The maximum atomic E-state index is 12.8. The molecule has 2 aliphatic rings. The van der Waals surface area contributed by atoms with Gasteiger partial charge in [-0.1, -0.05) is 59.6 Å². The summed E-state index contributed by atoms with van der Waals surface area (Å²) < 4.78 is 0. The van der Waals surface area contributed by atoms with E-state index in [1.165, 1.54) is 6.92 Å². The zero-order valence-corrected chi connectivity index (χ0v) is 16.4. The lowest BCUT2D eigenvalue weighted by atomic mass is 9.69. The number of benzene rings is 2. The number of hydrogen-bond donors (Lipinski definition) is 0. The fourth-order valence-corrected chi connectivity index (χ4v) is 4.77. The Labute approximate surface area is 173 Å². The number of ketones is 1. The van der Waals surface area contributed by atoms with Crippen LogP contribution >= 0.6 is 23.2 Å². The molecule has 0 bridgehead atoms. The molecule has 1 saturated heterocycles. The molecule has 0 aromatic heterocycles. The van der Waals surface area contributed by atoms with Crippen LogP contribution in [0.1, 0.15) is 24.0 Å². The molecule has 0 unspecified atom stereocenters. The molecule has 0 amide bonds. The van der Waals surface area contributed by atoms with Gasteiger partial charge in [-0.05, 0) is 36.2 Å². The van der Waals surface area contributed by atoms with E-state index in [1.807, 2.05) is 41.3 Å². The van der Waals surface area contributed by atoms with E-state index < -0.39 is 23.4 Å². The number of para-hydroxylation sites is 1. The topological polar surface area (TPSA) is 67.9 Å². The molecule has 1 fully saturated rings. The summed E-state index contributed by atoms with van der Waals surface area (Å²) in [5.74, 6) is -0.783. The molecule has 0 radical (unpaired) electrons. The third kappa shape index (κ3) is 2.46. The maximum absolute atomic E-state index is 12.8. The Kier molecular flexibility index (Phi) is 4.42. The van der Waals surface area contributed by atoms with Crippen molar-refractivity contribution >= 4 is 40.7 Å². The lowest BCUT2D eigenvalue weighted by Crippen LogP contribution is -2.43. The van der Waals surface area contributed by atoms with E-state index >= 15 is 0 Å². The zero-order valence-electron chi connectivity index (χ0n) is 14.9. The lowest BCUT2D eigenvalue weighted by Gasteiger charge is -2.35. The maximum Gasteiger partial charge on any atom is 0.176 e. The molecule has 6 heteroatoms. The smallest absolute Gasteiger partial charge is 0.176 e. The second-order valence-corrected chi connectivity index (χ2v) is 7.88. The minimum atomic E-state index is -1.45. The van der Waals surface area contributed by atoms with Crippen molar-refractivity contribution in [1.82, 2.24) is 0 Å². The van der Waals surface area contributed by atoms with Crippen LogP contribution in [0.3, 0.4) is 0 Å². The Morgan fingerprint density at radius 1 is 1.11 bits per heavy atom. The first-order valence-electron chi connectivity index (χ1n) is 8.78. The zero-order chi connectivity index (χ0) is 20.1. The average molecular weight is 408 g/mol. The predicted molar refractivity (Wildman–Crippen MR) is 109 cm³/mol. The van der Waals surface area contributed by atoms with Gasteiger partial charge in [-0.25, -0.2) is 0 Å². The number of fused-ring (bicyclic) bond motifs is 3. The highest BCUT2D eigenvalue weighted by Crippen LogP contribution is 2.55. The van der Waals surface area contributed by atoms with Crippen LogP contribution in [-0.2, 0) is 4.79 Å². The van der Waals surface area contributed by atoms with E-state index in [1.54, 1.807) is 18.2 Å². The number of carbonyl (C=O) groups is 1. The Bertz CT molecular complexity index is 1080. The summed E-state index contributed by atoms with van der Waals surface area (Å²) in [5.41, 5.74) is 0.993. The molecule has 3 atom stereocenters. The minimum Gasteiger partial charge on any atom is -0.351 e. The molecule has 0 spiro atoms. The van der Waals surface area contributed by atoms with Crippen LogP contribution in [0.5, 0.6) is 0 Å². The van der Waals surface area contributed by atoms with E-state index in [2.05, 4.69) is 12.1 Å². The number of rotatable bonds is 2. The monoisotopic (exact) mass is 407 g/mol. The molecule has 2 aromatic rings. The summed E-state index contributed by atoms with van der Waals surface area (Å²) in [7, 11) is 0. The van der Waals surface area contributed by atoms with Crippen LogP contribution in [-0.4, -0.2) is 17.9 Å². The van der Waals surface area contributed by atoms with Crippen LogP contribution in [0, 0.1) is 28.1 Å². The van der Waals surface area contributed by atoms with E-state index in [4.69, 9.17) is 23.2 Å². The Hall–Kier alpha value is -2.79. The Morgan fingerprint density at radius 2 is 1.82 bits per heavy atom. The highest BCUT2D eigenvalue weighted by molar-refractivity contribution is 6.42.